The topological polar surface area (TPSA) is 38.8 Å². The van der Waals surface area contributed by atoms with Crippen LogP contribution in [0.15, 0.2) is 11.6 Å². The van der Waals surface area contributed by atoms with Gasteiger partial charge in [-0.3, -0.25) is 4.79 Å². The van der Waals surface area contributed by atoms with Crippen LogP contribution >= 0.6 is 0 Å². The van der Waals surface area contributed by atoms with E-state index in [-0.39, 0.29) is 17.6 Å². The lowest BCUT2D eigenvalue weighted by Crippen LogP contribution is -2.50. The van der Waals surface area contributed by atoms with Crippen LogP contribution in [-0.2, 0) is 14.3 Å². The van der Waals surface area contributed by atoms with Gasteiger partial charge >= 0.3 is 0 Å². The fourth-order valence-corrected chi connectivity index (χ4v) is 3.92. The van der Waals surface area contributed by atoms with Gasteiger partial charge in [-0.15, -0.1) is 0 Å². The van der Waals surface area contributed by atoms with Crippen LogP contribution < -0.4 is 0 Å². The summed E-state index contributed by atoms with van der Waals surface area (Å²) in [7, 11) is 1.74. The fourth-order valence-electron chi connectivity index (χ4n) is 3.92. The second-order valence-corrected chi connectivity index (χ2v) is 6.76. The van der Waals surface area contributed by atoms with Crippen molar-refractivity contribution >= 4 is 5.91 Å². The third kappa shape index (κ3) is 3.49. The molecule has 2 saturated heterocycles. The highest BCUT2D eigenvalue weighted by Gasteiger charge is 2.44. The summed E-state index contributed by atoms with van der Waals surface area (Å²) >= 11 is 0. The van der Waals surface area contributed by atoms with E-state index in [1.165, 1.54) is 18.4 Å². The average Bonchev–Trinajstić information content (AvgIpc) is 2.91. The summed E-state index contributed by atoms with van der Waals surface area (Å²) in [6, 6.07) is 0. The van der Waals surface area contributed by atoms with Crippen LogP contribution in [-0.4, -0.2) is 49.3 Å². The molecule has 0 radical (unpaired) electrons. The minimum Gasteiger partial charge on any atom is -0.379 e. The first-order valence-electron chi connectivity index (χ1n) is 8.33. The number of likely N-dealkylation sites (tertiary alicyclic amines) is 1. The molecule has 0 aromatic carbocycles. The SMILES string of the molecule is CO[C@H]1CO[C@@]2(CCCN(C(=O)CC3=CCCCC3)C2)C1. The molecule has 4 heteroatoms. The number of ether oxygens (including phenoxy) is 2. The van der Waals surface area contributed by atoms with Crippen LogP contribution in [0, 0.1) is 0 Å². The maximum absolute atomic E-state index is 12.6. The van der Waals surface area contributed by atoms with Crippen molar-refractivity contribution in [3.05, 3.63) is 11.6 Å². The Bertz CT molecular complexity index is 420. The van der Waals surface area contributed by atoms with Crippen LogP contribution in [0.4, 0.5) is 0 Å². The zero-order chi connectivity index (χ0) is 14.7. The van der Waals surface area contributed by atoms with E-state index in [0.29, 0.717) is 13.0 Å². The van der Waals surface area contributed by atoms with E-state index < -0.39 is 0 Å². The Kier molecular flexibility index (Phi) is 4.65. The molecule has 0 N–H and O–H groups in total. The molecule has 3 aliphatic rings. The molecular formula is C17H27NO3. The highest BCUT2D eigenvalue weighted by Crippen LogP contribution is 2.36. The summed E-state index contributed by atoms with van der Waals surface area (Å²) in [4.78, 5) is 14.6. The standard InChI is InChI=1S/C17H27NO3/c1-20-15-11-17(21-12-15)8-5-9-18(13-17)16(19)10-14-6-3-2-4-7-14/h6,15H,2-5,7-13H2,1H3/t15-,17+/m1/s1. The van der Waals surface area contributed by atoms with Gasteiger partial charge in [0, 0.05) is 33.0 Å². The van der Waals surface area contributed by atoms with Gasteiger partial charge in [0.1, 0.15) is 0 Å². The highest BCUT2D eigenvalue weighted by molar-refractivity contribution is 5.79. The summed E-state index contributed by atoms with van der Waals surface area (Å²) in [5, 5.41) is 0. The van der Waals surface area contributed by atoms with Crippen molar-refractivity contribution < 1.29 is 14.3 Å². The van der Waals surface area contributed by atoms with Crippen LogP contribution in [0.3, 0.4) is 0 Å². The minimum absolute atomic E-state index is 0.143. The van der Waals surface area contributed by atoms with Gasteiger partial charge in [-0.05, 0) is 38.5 Å². The number of piperidine rings is 1. The van der Waals surface area contributed by atoms with E-state index in [9.17, 15) is 4.79 Å². The quantitative estimate of drug-likeness (QED) is 0.751. The normalized spacial score (nSPS) is 33.3. The smallest absolute Gasteiger partial charge is 0.226 e. The van der Waals surface area contributed by atoms with Gasteiger partial charge in [-0.2, -0.15) is 0 Å². The van der Waals surface area contributed by atoms with E-state index in [2.05, 4.69) is 6.08 Å². The third-order valence-electron chi connectivity index (χ3n) is 5.16. The molecule has 0 saturated carbocycles. The van der Waals surface area contributed by atoms with Crippen molar-refractivity contribution in [2.24, 2.45) is 0 Å². The molecule has 0 unspecified atom stereocenters. The van der Waals surface area contributed by atoms with Crippen molar-refractivity contribution in [1.29, 1.82) is 0 Å². The van der Waals surface area contributed by atoms with Crippen LogP contribution in [0.25, 0.3) is 0 Å². The second-order valence-electron chi connectivity index (χ2n) is 6.76. The predicted octanol–water partition coefficient (Wildman–Crippen LogP) is 2.67. The van der Waals surface area contributed by atoms with E-state index >= 15 is 0 Å². The number of hydrogen-bond donors (Lipinski definition) is 0. The molecule has 2 heterocycles. The molecular weight excluding hydrogens is 266 g/mol. The average molecular weight is 293 g/mol. The molecule has 118 valence electrons. The monoisotopic (exact) mass is 293 g/mol. The van der Waals surface area contributed by atoms with Crippen molar-refractivity contribution in [2.75, 3.05) is 26.8 Å². The summed E-state index contributed by atoms with van der Waals surface area (Å²) in [6.07, 6.45) is 10.9. The fraction of sp³-hybridized carbons (Fsp3) is 0.824. The number of methoxy groups -OCH3 is 1. The molecule has 1 aliphatic carbocycles. The third-order valence-corrected chi connectivity index (χ3v) is 5.16. The van der Waals surface area contributed by atoms with E-state index in [0.717, 1.165) is 45.2 Å². The lowest BCUT2D eigenvalue weighted by atomic mass is 9.88. The second kappa shape index (κ2) is 6.49. The van der Waals surface area contributed by atoms with Gasteiger partial charge in [-0.1, -0.05) is 11.6 Å². The van der Waals surface area contributed by atoms with Crippen LogP contribution in [0.1, 0.15) is 51.4 Å². The first-order valence-corrected chi connectivity index (χ1v) is 8.33. The molecule has 1 amide bonds. The molecule has 2 atom stereocenters. The van der Waals surface area contributed by atoms with Gasteiger partial charge in [-0.25, -0.2) is 0 Å². The number of carbonyl (C=O) groups excluding carboxylic acids is 1. The van der Waals surface area contributed by atoms with Gasteiger partial charge in [0.2, 0.25) is 5.91 Å². The molecule has 3 rings (SSSR count). The number of rotatable bonds is 3. The minimum atomic E-state index is -0.143. The van der Waals surface area contributed by atoms with Crippen molar-refractivity contribution in [1.82, 2.24) is 4.90 Å². The lowest BCUT2D eigenvalue weighted by molar-refractivity contribution is -0.138. The molecule has 0 aromatic heterocycles. The summed E-state index contributed by atoms with van der Waals surface area (Å²) in [5.74, 6) is 0.284. The molecule has 0 bridgehead atoms. The molecule has 4 nitrogen and oxygen atoms in total. The van der Waals surface area contributed by atoms with Gasteiger partial charge < -0.3 is 14.4 Å². The van der Waals surface area contributed by atoms with E-state index in [1.807, 2.05) is 4.90 Å². The lowest BCUT2D eigenvalue weighted by Gasteiger charge is -2.40. The largest absolute Gasteiger partial charge is 0.379 e. The van der Waals surface area contributed by atoms with Crippen LogP contribution in [0.2, 0.25) is 0 Å². The van der Waals surface area contributed by atoms with E-state index in [4.69, 9.17) is 9.47 Å². The first kappa shape index (κ1) is 15.0. The Morgan fingerprint density at radius 3 is 3.10 bits per heavy atom. The Morgan fingerprint density at radius 1 is 1.48 bits per heavy atom. The Labute approximate surface area is 127 Å². The van der Waals surface area contributed by atoms with Gasteiger partial charge in [0.15, 0.2) is 0 Å². The molecule has 2 fully saturated rings. The van der Waals surface area contributed by atoms with Crippen molar-refractivity contribution in [2.45, 2.75) is 63.1 Å². The summed E-state index contributed by atoms with van der Waals surface area (Å²) in [6.45, 7) is 2.30. The number of nitrogens with zero attached hydrogens (tertiary/aromatic N) is 1. The summed E-state index contributed by atoms with van der Waals surface area (Å²) < 4.78 is 11.4. The number of allylic oxidation sites excluding steroid dienone is 1. The van der Waals surface area contributed by atoms with Crippen LogP contribution in [0.5, 0.6) is 0 Å². The zero-order valence-electron chi connectivity index (χ0n) is 13.1. The predicted molar refractivity (Wildman–Crippen MR) is 81.1 cm³/mol. The number of carbonyl (C=O) groups is 1. The highest BCUT2D eigenvalue weighted by atomic mass is 16.6. The molecule has 2 aliphatic heterocycles. The van der Waals surface area contributed by atoms with Gasteiger partial charge in [0.05, 0.1) is 18.3 Å². The number of hydrogen-bond acceptors (Lipinski definition) is 3. The maximum Gasteiger partial charge on any atom is 0.226 e. The molecule has 0 aromatic rings. The summed E-state index contributed by atoms with van der Waals surface area (Å²) in [5.41, 5.74) is 1.20. The first-order chi connectivity index (χ1) is 10.2. The molecule has 1 spiro atoms. The molecule has 21 heavy (non-hydrogen) atoms. The maximum atomic E-state index is 12.6. The Morgan fingerprint density at radius 2 is 2.38 bits per heavy atom. The zero-order valence-corrected chi connectivity index (χ0v) is 13.1. The Hall–Kier alpha value is -0.870. The Balaban J connectivity index is 1.58. The van der Waals surface area contributed by atoms with E-state index in [1.54, 1.807) is 7.11 Å². The van der Waals surface area contributed by atoms with Crippen molar-refractivity contribution in [3.8, 4) is 0 Å². The number of amides is 1. The van der Waals surface area contributed by atoms with Gasteiger partial charge in [0.25, 0.3) is 0 Å². The van der Waals surface area contributed by atoms with Crippen molar-refractivity contribution in [3.63, 3.8) is 0 Å².